The second-order valence-electron chi connectivity index (χ2n) is 4.95. The Labute approximate surface area is 104 Å². The van der Waals surface area contributed by atoms with Crippen molar-refractivity contribution >= 4 is 0 Å². The van der Waals surface area contributed by atoms with E-state index in [0.29, 0.717) is 0 Å². The summed E-state index contributed by atoms with van der Waals surface area (Å²) in [6.07, 6.45) is 22.0. The van der Waals surface area contributed by atoms with Crippen LogP contribution in [0.3, 0.4) is 0 Å². The zero-order chi connectivity index (χ0) is 11.9. The van der Waals surface area contributed by atoms with Gasteiger partial charge < -0.3 is 0 Å². The van der Waals surface area contributed by atoms with Gasteiger partial charge in [-0.05, 0) is 25.2 Å². The number of aryl methyl sites for hydroxylation is 2. The van der Waals surface area contributed by atoms with Gasteiger partial charge in [0.05, 0.1) is 13.6 Å². The maximum Gasteiger partial charge on any atom is 0.243 e. The summed E-state index contributed by atoms with van der Waals surface area (Å²) in [5.41, 5.74) is 0. The Bertz CT molecular complexity index is 375. The summed E-state index contributed by atoms with van der Waals surface area (Å²) in [6, 6.07) is 0. The fourth-order valence-corrected chi connectivity index (χ4v) is 2.33. The first kappa shape index (κ1) is 12.2. The Morgan fingerprint density at radius 2 is 1.82 bits per heavy atom. The van der Waals surface area contributed by atoms with E-state index in [9.17, 15) is 0 Å². The minimum Gasteiger partial charge on any atom is -0.240 e. The van der Waals surface area contributed by atoms with Gasteiger partial charge in [0, 0.05) is 0 Å². The van der Waals surface area contributed by atoms with Gasteiger partial charge in [0.1, 0.15) is 12.4 Å². The molecular formula is C15H23N2+. The van der Waals surface area contributed by atoms with Gasteiger partial charge in [0.2, 0.25) is 6.33 Å². The van der Waals surface area contributed by atoms with Gasteiger partial charge in [-0.2, -0.15) is 0 Å². The highest BCUT2D eigenvalue weighted by atomic mass is 15.1. The van der Waals surface area contributed by atoms with Gasteiger partial charge in [0.15, 0.2) is 0 Å². The lowest BCUT2D eigenvalue weighted by Crippen LogP contribution is -2.23. The molecule has 0 saturated heterocycles. The molecule has 0 saturated carbocycles. The second-order valence-corrected chi connectivity index (χ2v) is 4.95. The van der Waals surface area contributed by atoms with Crippen molar-refractivity contribution in [3.8, 4) is 0 Å². The second kappa shape index (κ2) is 6.43. The molecule has 2 rings (SSSR count). The van der Waals surface area contributed by atoms with Crippen molar-refractivity contribution in [1.82, 2.24) is 4.57 Å². The van der Waals surface area contributed by atoms with Crippen LogP contribution in [0.5, 0.6) is 0 Å². The molecule has 0 aliphatic heterocycles. The van der Waals surface area contributed by atoms with Crippen LogP contribution in [-0.4, -0.2) is 4.57 Å². The SMILES string of the molecule is C[n+]1ccn(CCCCCCC2C=CC=C2)c1. The van der Waals surface area contributed by atoms with Gasteiger partial charge in [-0.3, -0.25) is 0 Å². The monoisotopic (exact) mass is 231 g/mol. The van der Waals surface area contributed by atoms with Gasteiger partial charge in [-0.15, -0.1) is 0 Å². The number of unbranched alkanes of at least 4 members (excludes halogenated alkanes) is 3. The van der Waals surface area contributed by atoms with Crippen LogP contribution < -0.4 is 4.57 Å². The van der Waals surface area contributed by atoms with Crippen molar-refractivity contribution in [1.29, 1.82) is 0 Å². The summed E-state index contributed by atoms with van der Waals surface area (Å²) in [5, 5.41) is 0. The van der Waals surface area contributed by atoms with Gasteiger partial charge in [-0.25, -0.2) is 9.13 Å². The lowest BCUT2D eigenvalue weighted by atomic mass is 10.0. The predicted octanol–water partition coefficient (Wildman–Crippen LogP) is 3.01. The molecule has 1 aliphatic rings. The maximum atomic E-state index is 2.31. The third-order valence-corrected chi connectivity index (χ3v) is 3.36. The van der Waals surface area contributed by atoms with Crippen LogP contribution in [-0.2, 0) is 13.6 Å². The highest BCUT2D eigenvalue weighted by molar-refractivity contribution is 5.17. The van der Waals surface area contributed by atoms with Crippen molar-refractivity contribution in [2.24, 2.45) is 13.0 Å². The topological polar surface area (TPSA) is 8.81 Å². The summed E-state index contributed by atoms with van der Waals surface area (Å²) in [4.78, 5) is 0. The molecule has 0 bridgehead atoms. The number of nitrogens with zero attached hydrogens (tertiary/aromatic N) is 2. The molecule has 1 aromatic heterocycles. The van der Waals surface area contributed by atoms with E-state index < -0.39 is 0 Å². The van der Waals surface area contributed by atoms with E-state index in [-0.39, 0.29) is 0 Å². The maximum absolute atomic E-state index is 2.31. The van der Waals surface area contributed by atoms with Crippen LogP contribution in [0.25, 0.3) is 0 Å². The number of imidazole rings is 1. The number of hydrogen-bond acceptors (Lipinski definition) is 0. The van der Waals surface area contributed by atoms with E-state index in [0.717, 1.165) is 12.5 Å². The molecule has 1 aromatic rings. The third-order valence-electron chi connectivity index (χ3n) is 3.36. The minimum atomic E-state index is 0.721. The molecule has 1 heterocycles. The minimum absolute atomic E-state index is 0.721. The third kappa shape index (κ3) is 4.22. The van der Waals surface area contributed by atoms with Crippen LogP contribution in [0.1, 0.15) is 32.1 Å². The van der Waals surface area contributed by atoms with Crippen LogP contribution in [0.2, 0.25) is 0 Å². The van der Waals surface area contributed by atoms with Crippen molar-refractivity contribution in [2.45, 2.75) is 38.6 Å². The summed E-state index contributed by atoms with van der Waals surface area (Å²) in [6.45, 7) is 1.16. The van der Waals surface area contributed by atoms with Crippen molar-refractivity contribution in [3.05, 3.63) is 43.0 Å². The number of hydrogen-bond donors (Lipinski definition) is 0. The zero-order valence-corrected chi connectivity index (χ0v) is 10.8. The molecule has 92 valence electrons. The summed E-state index contributed by atoms with van der Waals surface area (Å²) >= 11 is 0. The van der Waals surface area contributed by atoms with Crippen LogP contribution in [0, 0.1) is 5.92 Å². The molecule has 1 aliphatic carbocycles. The zero-order valence-electron chi connectivity index (χ0n) is 10.8. The average Bonchev–Trinajstić information content (AvgIpc) is 2.95. The van der Waals surface area contributed by atoms with Crippen molar-refractivity contribution in [2.75, 3.05) is 0 Å². The van der Waals surface area contributed by atoms with E-state index in [4.69, 9.17) is 0 Å². The lowest BCUT2D eigenvalue weighted by molar-refractivity contribution is -0.671. The fraction of sp³-hybridized carbons (Fsp3) is 0.533. The number of aromatic nitrogens is 2. The highest BCUT2D eigenvalue weighted by Gasteiger charge is 2.03. The summed E-state index contributed by atoms with van der Waals surface area (Å²) < 4.78 is 4.36. The Kier molecular flexibility index (Phi) is 4.60. The molecule has 0 amide bonds. The fourth-order valence-electron chi connectivity index (χ4n) is 2.33. The standard InChI is InChI=1S/C15H23N2/c1-16-12-13-17(14-16)11-7-3-2-4-8-15-9-5-6-10-15/h5-6,9-10,12-15H,2-4,7-8,11H2,1H3/q+1. The van der Waals surface area contributed by atoms with Crippen LogP contribution >= 0.6 is 0 Å². The quantitative estimate of drug-likeness (QED) is 0.504. The number of allylic oxidation sites excluding steroid dienone is 4. The van der Waals surface area contributed by atoms with E-state index >= 15 is 0 Å². The van der Waals surface area contributed by atoms with E-state index in [1.54, 1.807) is 0 Å². The van der Waals surface area contributed by atoms with Crippen molar-refractivity contribution < 1.29 is 4.57 Å². The highest BCUT2D eigenvalue weighted by Crippen LogP contribution is 2.17. The van der Waals surface area contributed by atoms with E-state index in [1.807, 2.05) is 0 Å². The van der Waals surface area contributed by atoms with E-state index in [1.165, 1.54) is 32.1 Å². The molecule has 0 fully saturated rings. The predicted molar refractivity (Wildman–Crippen MR) is 70.5 cm³/mol. The molecular weight excluding hydrogens is 208 g/mol. The first-order valence-electron chi connectivity index (χ1n) is 6.70. The summed E-state index contributed by atoms with van der Waals surface area (Å²) in [7, 11) is 2.07. The molecule has 0 N–H and O–H groups in total. The first-order chi connectivity index (χ1) is 8.34. The Morgan fingerprint density at radius 3 is 2.53 bits per heavy atom. The van der Waals surface area contributed by atoms with Gasteiger partial charge in [-0.1, -0.05) is 37.1 Å². The Balaban J connectivity index is 1.49. The summed E-state index contributed by atoms with van der Waals surface area (Å²) in [5.74, 6) is 0.721. The van der Waals surface area contributed by atoms with Gasteiger partial charge >= 0.3 is 0 Å². The molecule has 0 unspecified atom stereocenters. The Morgan fingerprint density at radius 1 is 1.06 bits per heavy atom. The lowest BCUT2D eigenvalue weighted by Gasteiger charge is -2.04. The van der Waals surface area contributed by atoms with Gasteiger partial charge in [0.25, 0.3) is 0 Å². The average molecular weight is 231 g/mol. The first-order valence-corrected chi connectivity index (χ1v) is 6.70. The molecule has 2 heteroatoms. The normalized spacial score (nSPS) is 14.9. The van der Waals surface area contributed by atoms with Crippen LogP contribution in [0.4, 0.5) is 0 Å². The van der Waals surface area contributed by atoms with Crippen LogP contribution in [0.15, 0.2) is 43.0 Å². The largest absolute Gasteiger partial charge is 0.243 e. The number of rotatable bonds is 7. The Hall–Kier alpha value is -1.31. The van der Waals surface area contributed by atoms with Crippen molar-refractivity contribution in [3.63, 3.8) is 0 Å². The molecule has 0 atom stereocenters. The molecule has 2 nitrogen and oxygen atoms in total. The molecule has 0 aromatic carbocycles. The van der Waals surface area contributed by atoms with E-state index in [2.05, 4.69) is 59.2 Å². The molecule has 17 heavy (non-hydrogen) atoms. The molecule has 0 spiro atoms. The molecule has 0 radical (unpaired) electrons. The smallest absolute Gasteiger partial charge is 0.240 e.